The van der Waals surface area contributed by atoms with Gasteiger partial charge in [-0.25, -0.2) is 0 Å². The van der Waals surface area contributed by atoms with Crippen LogP contribution in [0, 0.1) is 5.92 Å². The summed E-state index contributed by atoms with van der Waals surface area (Å²) in [6, 6.07) is 6.59. The molecule has 0 saturated carbocycles. The molecule has 0 amide bonds. The third-order valence-electron chi connectivity index (χ3n) is 5.37. The maximum Gasteiger partial charge on any atom is 0.310 e. The zero-order valence-electron chi connectivity index (χ0n) is 16.2. The molecule has 1 aromatic rings. The smallest absolute Gasteiger partial charge is 0.310 e. The number of carbonyl (C=O) groups is 1. The number of nitrogens with zero attached hydrogens (tertiary/aromatic N) is 1. The number of piperidine rings is 1. The molecule has 0 aliphatic carbocycles. The first-order chi connectivity index (χ1) is 11.7. The lowest BCUT2D eigenvalue weighted by Crippen LogP contribution is -2.46. The molecule has 1 saturated heterocycles. The fourth-order valence-corrected chi connectivity index (χ4v) is 3.92. The monoisotopic (exact) mass is 343 g/mol. The second-order valence-corrected chi connectivity index (χ2v) is 8.80. The Bertz CT molecular complexity index is 645. The van der Waals surface area contributed by atoms with Crippen LogP contribution in [0.2, 0.25) is 0 Å². The predicted octanol–water partition coefficient (Wildman–Crippen LogP) is 1.65. The fraction of sp³-hybridized carbons (Fsp3) is 0.650. The molecule has 0 aromatic heterocycles. The Morgan fingerprint density at radius 2 is 2.04 bits per heavy atom. The molecule has 1 fully saturated rings. The number of likely N-dealkylation sites (tertiary alicyclic amines) is 1. The van der Waals surface area contributed by atoms with Crippen LogP contribution in [0.5, 0.6) is 5.75 Å². The number of hydrogen-bond acceptors (Lipinski definition) is 4. The summed E-state index contributed by atoms with van der Waals surface area (Å²) in [5.41, 5.74) is 2.37. The average molecular weight is 343 g/mol. The highest BCUT2D eigenvalue weighted by molar-refractivity contribution is 6.32. The maximum atomic E-state index is 12.2. The minimum Gasteiger partial charge on any atom is -0.492 e. The summed E-state index contributed by atoms with van der Waals surface area (Å²) in [6.45, 7) is 11.3. The molecule has 136 valence electrons. The van der Waals surface area contributed by atoms with Crippen molar-refractivity contribution in [2.24, 2.45) is 5.92 Å². The normalized spacial score (nSPS) is 20.8. The molecular weight excluding hydrogens is 313 g/mol. The van der Waals surface area contributed by atoms with Crippen LogP contribution in [0.25, 0.3) is 0 Å². The Balaban J connectivity index is 1.57. The van der Waals surface area contributed by atoms with Crippen molar-refractivity contribution in [3.63, 3.8) is 0 Å². The van der Waals surface area contributed by atoms with E-state index < -0.39 is 5.60 Å². The van der Waals surface area contributed by atoms with E-state index in [2.05, 4.69) is 30.9 Å². The first-order valence-corrected chi connectivity index (χ1v) is 9.38. The number of esters is 1. The van der Waals surface area contributed by atoms with Gasteiger partial charge in [0, 0.05) is 17.5 Å². The molecule has 5 heteroatoms. The van der Waals surface area contributed by atoms with Crippen molar-refractivity contribution < 1.29 is 14.3 Å². The van der Waals surface area contributed by atoms with Gasteiger partial charge >= 0.3 is 5.97 Å². The Morgan fingerprint density at radius 3 is 2.68 bits per heavy atom. The Kier molecular flexibility index (Phi) is 4.89. The molecule has 1 unspecified atom stereocenters. The van der Waals surface area contributed by atoms with Gasteiger partial charge in [-0.1, -0.05) is 24.5 Å². The highest BCUT2D eigenvalue weighted by Gasteiger charge is 2.43. The summed E-state index contributed by atoms with van der Waals surface area (Å²) >= 11 is 0. The van der Waals surface area contributed by atoms with Gasteiger partial charge in [0.05, 0.1) is 12.5 Å². The number of benzene rings is 1. The van der Waals surface area contributed by atoms with Crippen molar-refractivity contribution >= 4 is 19.3 Å². The van der Waals surface area contributed by atoms with Crippen molar-refractivity contribution in [3.05, 3.63) is 23.8 Å². The van der Waals surface area contributed by atoms with Crippen LogP contribution in [0.1, 0.15) is 46.1 Å². The van der Waals surface area contributed by atoms with Gasteiger partial charge in [-0.3, -0.25) is 4.79 Å². The number of ether oxygens (including phenoxy) is 2. The highest BCUT2D eigenvalue weighted by Crippen LogP contribution is 2.45. The summed E-state index contributed by atoms with van der Waals surface area (Å²) in [5, 5.41) is 0. The molecule has 4 nitrogen and oxygen atoms in total. The van der Waals surface area contributed by atoms with Crippen LogP contribution in [-0.4, -0.2) is 50.6 Å². The summed E-state index contributed by atoms with van der Waals surface area (Å²) < 4.78 is 11.5. The fourth-order valence-electron chi connectivity index (χ4n) is 3.92. The largest absolute Gasteiger partial charge is 0.492 e. The highest BCUT2D eigenvalue weighted by atomic mass is 16.6. The second kappa shape index (κ2) is 6.67. The minimum absolute atomic E-state index is 0.0944. The number of hydrogen-bond donors (Lipinski definition) is 0. The number of carbonyl (C=O) groups excluding carboxylic acids is 1. The summed E-state index contributed by atoms with van der Waals surface area (Å²) in [5.74, 6) is 0.872. The molecule has 0 N–H and O–H groups in total. The average Bonchev–Trinajstić information content (AvgIpc) is 2.86. The van der Waals surface area contributed by atoms with Crippen molar-refractivity contribution in [1.82, 2.24) is 4.90 Å². The molecule has 2 heterocycles. The lowest BCUT2D eigenvalue weighted by molar-refractivity contribution is -0.160. The van der Waals surface area contributed by atoms with E-state index in [1.807, 2.05) is 27.7 Å². The topological polar surface area (TPSA) is 38.8 Å². The zero-order valence-corrected chi connectivity index (χ0v) is 16.2. The van der Waals surface area contributed by atoms with Crippen molar-refractivity contribution in [1.29, 1.82) is 0 Å². The zero-order chi connectivity index (χ0) is 18.2. The molecule has 1 aromatic carbocycles. The SMILES string of the molecule is Bc1ccc2c(c1)OCC21CCN(CC(C)C(=O)OC(C)(C)C)CC1. The number of rotatable bonds is 3. The molecule has 3 rings (SSSR count). The van der Waals surface area contributed by atoms with Crippen LogP contribution in [-0.2, 0) is 14.9 Å². The lowest BCUT2D eigenvalue weighted by atomic mass is 9.73. The van der Waals surface area contributed by atoms with Crippen LogP contribution >= 0.6 is 0 Å². The van der Waals surface area contributed by atoms with Gasteiger partial charge < -0.3 is 14.4 Å². The first-order valence-electron chi connectivity index (χ1n) is 9.38. The van der Waals surface area contributed by atoms with E-state index in [1.165, 1.54) is 11.0 Å². The lowest BCUT2D eigenvalue weighted by Gasteiger charge is -2.39. The van der Waals surface area contributed by atoms with Crippen molar-refractivity contribution in [3.8, 4) is 5.75 Å². The van der Waals surface area contributed by atoms with Gasteiger partial charge in [0.2, 0.25) is 0 Å². The van der Waals surface area contributed by atoms with Crippen LogP contribution < -0.4 is 10.2 Å². The van der Waals surface area contributed by atoms with Gasteiger partial charge in [0.25, 0.3) is 0 Å². The van der Waals surface area contributed by atoms with Gasteiger partial charge in [-0.05, 0) is 52.8 Å². The van der Waals surface area contributed by atoms with Gasteiger partial charge in [-0.2, -0.15) is 0 Å². The van der Waals surface area contributed by atoms with E-state index >= 15 is 0 Å². The Hall–Kier alpha value is -1.49. The van der Waals surface area contributed by atoms with Crippen LogP contribution in [0.3, 0.4) is 0 Å². The maximum absolute atomic E-state index is 12.2. The first kappa shape index (κ1) is 18.3. The molecule has 2 aliphatic rings. The van der Waals surface area contributed by atoms with Gasteiger partial charge in [-0.15, -0.1) is 0 Å². The quantitative estimate of drug-likeness (QED) is 0.618. The van der Waals surface area contributed by atoms with E-state index in [-0.39, 0.29) is 17.3 Å². The molecule has 2 aliphatic heterocycles. The van der Waals surface area contributed by atoms with Crippen LogP contribution in [0.15, 0.2) is 18.2 Å². The summed E-state index contributed by atoms with van der Waals surface area (Å²) in [6.07, 6.45) is 2.17. The molecule has 0 radical (unpaired) electrons. The molecule has 0 bridgehead atoms. The third-order valence-corrected chi connectivity index (χ3v) is 5.37. The molecule has 1 spiro atoms. The summed E-state index contributed by atoms with van der Waals surface area (Å²) in [7, 11) is 2.11. The standard InChI is InChI=1S/C20H30BNO3/c1-14(18(23)25-19(2,3)4)12-22-9-7-20(8-10-22)13-24-17-11-15(21)5-6-16(17)20/h5-6,11,14H,7-10,12-13,21H2,1-4H3. The Labute approximate surface area is 152 Å². The molecule has 25 heavy (non-hydrogen) atoms. The van der Waals surface area contributed by atoms with E-state index in [9.17, 15) is 4.79 Å². The van der Waals surface area contributed by atoms with E-state index in [4.69, 9.17) is 9.47 Å². The van der Waals surface area contributed by atoms with E-state index in [0.29, 0.717) is 0 Å². The third kappa shape index (κ3) is 4.03. The number of fused-ring (bicyclic) bond motifs is 2. The van der Waals surface area contributed by atoms with E-state index in [1.54, 1.807) is 0 Å². The second-order valence-electron chi connectivity index (χ2n) is 8.80. The van der Waals surface area contributed by atoms with Gasteiger partial charge in [0.1, 0.15) is 19.2 Å². The molecule has 1 atom stereocenters. The minimum atomic E-state index is -0.416. The van der Waals surface area contributed by atoms with Gasteiger partial charge in [0.15, 0.2) is 0 Å². The Morgan fingerprint density at radius 1 is 1.36 bits per heavy atom. The van der Waals surface area contributed by atoms with Crippen LogP contribution in [0.4, 0.5) is 0 Å². The van der Waals surface area contributed by atoms with E-state index in [0.717, 1.165) is 44.8 Å². The van der Waals surface area contributed by atoms with Crippen molar-refractivity contribution in [2.75, 3.05) is 26.2 Å². The van der Waals surface area contributed by atoms with Crippen molar-refractivity contribution in [2.45, 2.75) is 51.6 Å². The summed E-state index contributed by atoms with van der Waals surface area (Å²) in [4.78, 5) is 14.6. The predicted molar refractivity (Wildman–Crippen MR) is 102 cm³/mol. The molecular formula is C20H30BNO3.